The van der Waals surface area contributed by atoms with Crippen LogP contribution in [0.4, 0.5) is 4.79 Å². The smallest absolute Gasteiger partial charge is 0.414 e. The van der Waals surface area contributed by atoms with Gasteiger partial charge in [0.1, 0.15) is 11.6 Å². The number of hydrogen-bond acceptors (Lipinski definition) is 6. The predicted octanol–water partition coefficient (Wildman–Crippen LogP) is 2.83. The van der Waals surface area contributed by atoms with Gasteiger partial charge in [0.2, 0.25) is 5.91 Å². The molecule has 1 aromatic rings. The fourth-order valence-corrected chi connectivity index (χ4v) is 2.57. The summed E-state index contributed by atoms with van der Waals surface area (Å²) >= 11 is 0. The molecule has 0 radical (unpaired) electrons. The molecule has 0 spiro atoms. The Labute approximate surface area is 167 Å². The molecule has 1 rings (SSSR count). The van der Waals surface area contributed by atoms with Crippen LogP contribution >= 0.6 is 0 Å². The summed E-state index contributed by atoms with van der Waals surface area (Å²) in [7, 11) is 0. The molecule has 0 unspecified atom stereocenters. The Bertz CT molecular complexity index is 653. The Morgan fingerprint density at radius 1 is 1.07 bits per heavy atom. The second kappa shape index (κ2) is 10.8. The van der Waals surface area contributed by atoms with E-state index in [1.165, 1.54) is 0 Å². The molecule has 0 saturated heterocycles. The van der Waals surface area contributed by atoms with Crippen molar-refractivity contribution in [1.82, 2.24) is 10.6 Å². The SMILES string of the molecule is CCOC(=O)[C@H](Cc1ccccc1)N[C@H](C(=O)NC(=O)OC(C)(C)C)C(C)C. The molecule has 0 bridgehead atoms. The summed E-state index contributed by atoms with van der Waals surface area (Å²) in [6.07, 6.45) is -0.455. The van der Waals surface area contributed by atoms with E-state index in [1.807, 2.05) is 44.2 Å². The maximum atomic E-state index is 12.6. The van der Waals surface area contributed by atoms with E-state index in [-0.39, 0.29) is 12.5 Å². The van der Waals surface area contributed by atoms with Crippen molar-refractivity contribution in [2.75, 3.05) is 6.61 Å². The van der Waals surface area contributed by atoms with Crippen LogP contribution < -0.4 is 10.6 Å². The minimum Gasteiger partial charge on any atom is -0.465 e. The van der Waals surface area contributed by atoms with Crippen LogP contribution in [0.5, 0.6) is 0 Å². The van der Waals surface area contributed by atoms with Crippen LogP contribution in [0.15, 0.2) is 30.3 Å². The first-order valence-corrected chi connectivity index (χ1v) is 9.54. The number of hydrogen-bond donors (Lipinski definition) is 2. The van der Waals surface area contributed by atoms with E-state index in [4.69, 9.17) is 9.47 Å². The summed E-state index contributed by atoms with van der Waals surface area (Å²) in [5.41, 5.74) is 0.217. The zero-order valence-corrected chi connectivity index (χ0v) is 17.6. The molecule has 156 valence electrons. The molecule has 0 saturated carbocycles. The number of rotatable bonds is 8. The number of imide groups is 1. The summed E-state index contributed by atoms with van der Waals surface area (Å²) in [6, 6.07) is 7.96. The highest BCUT2D eigenvalue weighted by molar-refractivity contribution is 5.95. The fraction of sp³-hybridized carbons (Fsp3) is 0.571. The first-order valence-electron chi connectivity index (χ1n) is 9.54. The van der Waals surface area contributed by atoms with E-state index < -0.39 is 35.7 Å². The number of benzene rings is 1. The van der Waals surface area contributed by atoms with Crippen LogP contribution in [0.2, 0.25) is 0 Å². The molecule has 2 atom stereocenters. The molecule has 0 aromatic heterocycles. The molecule has 1 aromatic carbocycles. The van der Waals surface area contributed by atoms with Gasteiger partial charge in [0.25, 0.3) is 0 Å². The largest absolute Gasteiger partial charge is 0.465 e. The number of amides is 2. The van der Waals surface area contributed by atoms with E-state index in [9.17, 15) is 14.4 Å². The summed E-state index contributed by atoms with van der Waals surface area (Å²) in [6.45, 7) is 10.8. The molecule has 2 N–H and O–H groups in total. The highest BCUT2D eigenvalue weighted by atomic mass is 16.6. The van der Waals surface area contributed by atoms with Crippen LogP contribution in [0.1, 0.15) is 47.1 Å². The van der Waals surface area contributed by atoms with Crippen molar-refractivity contribution in [1.29, 1.82) is 0 Å². The molecular weight excluding hydrogens is 360 g/mol. The van der Waals surface area contributed by atoms with Crippen molar-refractivity contribution in [2.45, 2.75) is 65.6 Å². The van der Waals surface area contributed by atoms with Crippen LogP contribution in [-0.2, 0) is 25.5 Å². The lowest BCUT2D eigenvalue weighted by atomic mass is 9.99. The van der Waals surface area contributed by atoms with E-state index in [1.54, 1.807) is 27.7 Å². The maximum Gasteiger partial charge on any atom is 0.414 e. The van der Waals surface area contributed by atoms with Gasteiger partial charge < -0.3 is 9.47 Å². The van der Waals surface area contributed by atoms with Crippen LogP contribution in [0.3, 0.4) is 0 Å². The van der Waals surface area contributed by atoms with Crippen LogP contribution in [0, 0.1) is 5.92 Å². The quantitative estimate of drug-likeness (QED) is 0.661. The minimum atomic E-state index is -0.819. The molecule has 28 heavy (non-hydrogen) atoms. The highest BCUT2D eigenvalue weighted by Gasteiger charge is 2.31. The molecular formula is C21H32N2O5. The van der Waals surface area contributed by atoms with E-state index >= 15 is 0 Å². The van der Waals surface area contributed by atoms with Gasteiger partial charge >= 0.3 is 12.1 Å². The lowest BCUT2D eigenvalue weighted by Crippen LogP contribution is -2.55. The van der Waals surface area contributed by atoms with Crippen molar-refractivity contribution in [3.63, 3.8) is 0 Å². The molecule has 0 aliphatic heterocycles. The van der Waals surface area contributed by atoms with Crippen molar-refractivity contribution in [3.8, 4) is 0 Å². The monoisotopic (exact) mass is 392 g/mol. The van der Waals surface area contributed by atoms with Crippen molar-refractivity contribution < 1.29 is 23.9 Å². The zero-order valence-electron chi connectivity index (χ0n) is 17.6. The molecule has 0 aliphatic rings. The van der Waals surface area contributed by atoms with Gasteiger partial charge in [0.05, 0.1) is 12.6 Å². The third kappa shape index (κ3) is 8.52. The van der Waals surface area contributed by atoms with Crippen molar-refractivity contribution >= 4 is 18.0 Å². The van der Waals surface area contributed by atoms with Gasteiger partial charge in [-0.3, -0.25) is 20.2 Å². The minimum absolute atomic E-state index is 0.171. The Morgan fingerprint density at radius 2 is 1.68 bits per heavy atom. The van der Waals surface area contributed by atoms with Gasteiger partial charge in [0.15, 0.2) is 0 Å². The number of carbonyl (C=O) groups is 3. The first kappa shape index (κ1) is 23.6. The standard InChI is InChI=1S/C21H32N2O5/c1-7-27-19(25)16(13-15-11-9-8-10-12-15)22-17(14(2)3)18(24)23-20(26)28-21(4,5)6/h8-12,14,16-17,22H,7,13H2,1-6H3,(H,23,24,26)/t16-,17-/m0/s1. The van der Waals surface area contributed by atoms with Gasteiger partial charge in [-0.05, 0) is 45.6 Å². The maximum absolute atomic E-state index is 12.6. The Kier molecular flexibility index (Phi) is 9.12. The number of ether oxygens (including phenoxy) is 2. The second-order valence-corrected chi connectivity index (χ2v) is 7.87. The summed E-state index contributed by atoms with van der Waals surface area (Å²) < 4.78 is 10.3. The molecule has 0 aliphatic carbocycles. The average Bonchev–Trinajstić information content (AvgIpc) is 2.57. The number of alkyl carbamates (subject to hydrolysis) is 1. The molecule has 2 amide bonds. The number of nitrogens with one attached hydrogen (secondary N) is 2. The van der Waals surface area contributed by atoms with Crippen LogP contribution in [0.25, 0.3) is 0 Å². The lowest BCUT2D eigenvalue weighted by molar-refractivity contribution is -0.146. The Morgan fingerprint density at radius 3 is 2.18 bits per heavy atom. The Hall–Kier alpha value is -2.41. The third-order valence-corrected chi connectivity index (χ3v) is 3.81. The molecule has 7 nitrogen and oxygen atoms in total. The number of carbonyl (C=O) groups excluding carboxylic acids is 3. The average molecular weight is 392 g/mol. The van der Waals surface area contributed by atoms with Crippen molar-refractivity contribution in [3.05, 3.63) is 35.9 Å². The molecule has 0 fully saturated rings. The third-order valence-electron chi connectivity index (χ3n) is 3.81. The summed E-state index contributed by atoms with van der Waals surface area (Å²) in [4.78, 5) is 37.0. The topological polar surface area (TPSA) is 93.7 Å². The van der Waals surface area contributed by atoms with E-state index in [0.29, 0.717) is 6.42 Å². The predicted molar refractivity (Wildman–Crippen MR) is 107 cm³/mol. The first-order chi connectivity index (χ1) is 13.0. The van der Waals surface area contributed by atoms with Gasteiger partial charge in [-0.15, -0.1) is 0 Å². The van der Waals surface area contributed by atoms with Gasteiger partial charge in [-0.1, -0.05) is 44.2 Å². The summed E-state index contributed by atoms with van der Waals surface area (Å²) in [5, 5.41) is 5.30. The van der Waals surface area contributed by atoms with E-state index in [2.05, 4.69) is 10.6 Å². The van der Waals surface area contributed by atoms with Gasteiger partial charge in [-0.2, -0.15) is 0 Å². The fourth-order valence-electron chi connectivity index (χ4n) is 2.57. The molecule has 0 heterocycles. The second-order valence-electron chi connectivity index (χ2n) is 7.87. The highest BCUT2D eigenvalue weighted by Crippen LogP contribution is 2.11. The molecule has 7 heteroatoms. The van der Waals surface area contributed by atoms with Gasteiger partial charge in [-0.25, -0.2) is 4.79 Å². The number of esters is 1. The van der Waals surface area contributed by atoms with Crippen molar-refractivity contribution in [2.24, 2.45) is 5.92 Å². The Balaban J connectivity index is 2.91. The zero-order chi connectivity index (χ0) is 21.3. The van der Waals surface area contributed by atoms with Gasteiger partial charge in [0, 0.05) is 0 Å². The van der Waals surface area contributed by atoms with E-state index in [0.717, 1.165) is 5.56 Å². The normalized spacial score (nSPS) is 13.5. The van der Waals surface area contributed by atoms with Crippen LogP contribution in [-0.4, -0.2) is 42.3 Å². The summed E-state index contributed by atoms with van der Waals surface area (Å²) in [5.74, 6) is -1.16. The lowest BCUT2D eigenvalue weighted by Gasteiger charge is -2.27.